The Bertz CT molecular complexity index is 481. The molecule has 0 fully saturated rings. The molecule has 0 bridgehead atoms. The molecule has 0 saturated heterocycles. The molecule has 1 aromatic rings. The normalized spacial score (nSPS) is 11.2. The first-order valence-electron chi connectivity index (χ1n) is 4.61. The van der Waals surface area contributed by atoms with Crippen LogP contribution in [0.25, 0.3) is 0 Å². The summed E-state index contributed by atoms with van der Waals surface area (Å²) in [7, 11) is 0. The number of aliphatic carboxylic acids is 2. The topological polar surface area (TPSA) is 123 Å². The summed E-state index contributed by atoms with van der Waals surface area (Å²) in [5, 5.41) is 28.5. The summed E-state index contributed by atoms with van der Waals surface area (Å²) in [6.45, 7) is 0. The van der Waals surface area contributed by atoms with Gasteiger partial charge in [-0.2, -0.15) is 5.26 Å². The van der Waals surface area contributed by atoms with E-state index >= 15 is 0 Å². The van der Waals surface area contributed by atoms with Gasteiger partial charge in [-0.15, -0.1) is 0 Å². The molecule has 0 amide bonds. The molecule has 7 heteroatoms. The van der Waals surface area contributed by atoms with Crippen molar-refractivity contribution in [2.45, 2.75) is 12.5 Å². The SMILES string of the molecule is N#Cc1cccnc1NC(CC(=O)O)C(=O)O. The lowest BCUT2D eigenvalue weighted by molar-refractivity contribution is -0.144. The van der Waals surface area contributed by atoms with E-state index in [0.29, 0.717) is 0 Å². The van der Waals surface area contributed by atoms with Gasteiger partial charge in [0.15, 0.2) is 0 Å². The van der Waals surface area contributed by atoms with Crippen LogP contribution in [-0.4, -0.2) is 33.2 Å². The summed E-state index contributed by atoms with van der Waals surface area (Å²) in [6.07, 6.45) is 0.777. The van der Waals surface area contributed by atoms with Crippen molar-refractivity contribution >= 4 is 17.8 Å². The van der Waals surface area contributed by atoms with E-state index in [4.69, 9.17) is 15.5 Å². The van der Waals surface area contributed by atoms with Gasteiger partial charge in [0.25, 0.3) is 0 Å². The number of aromatic nitrogens is 1. The van der Waals surface area contributed by atoms with Gasteiger partial charge in [0.1, 0.15) is 17.9 Å². The minimum Gasteiger partial charge on any atom is -0.481 e. The summed E-state index contributed by atoms with van der Waals surface area (Å²) < 4.78 is 0. The molecule has 0 spiro atoms. The standard InChI is InChI=1S/C10H9N3O4/c11-5-6-2-1-3-12-9(6)13-7(10(16)17)4-8(14)15/h1-3,7H,4H2,(H,12,13)(H,14,15)(H,16,17). The van der Waals surface area contributed by atoms with Gasteiger partial charge in [0.05, 0.1) is 12.0 Å². The zero-order chi connectivity index (χ0) is 12.8. The Labute approximate surface area is 96.3 Å². The summed E-state index contributed by atoms with van der Waals surface area (Å²) in [5.41, 5.74) is 0.157. The molecule has 0 aromatic carbocycles. The van der Waals surface area contributed by atoms with Crippen LogP contribution in [0, 0.1) is 11.3 Å². The molecule has 0 aliphatic rings. The number of hydrogen-bond acceptors (Lipinski definition) is 5. The number of nitriles is 1. The first-order valence-corrected chi connectivity index (χ1v) is 4.61. The number of nitrogens with one attached hydrogen (secondary N) is 1. The van der Waals surface area contributed by atoms with E-state index in [9.17, 15) is 9.59 Å². The fraction of sp³-hybridized carbons (Fsp3) is 0.200. The lowest BCUT2D eigenvalue weighted by Crippen LogP contribution is -2.32. The van der Waals surface area contributed by atoms with Crippen LogP contribution in [0.5, 0.6) is 0 Å². The summed E-state index contributed by atoms with van der Waals surface area (Å²) in [4.78, 5) is 25.1. The molecule has 1 heterocycles. The predicted octanol–water partition coefficient (Wildman–Crippen LogP) is 0.293. The first-order chi connectivity index (χ1) is 8.04. The van der Waals surface area contributed by atoms with Crippen LogP contribution < -0.4 is 5.32 Å². The van der Waals surface area contributed by atoms with Gasteiger partial charge in [0, 0.05) is 6.20 Å². The number of carboxylic acid groups (broad SMARTS) is 2. The lowest BCUT2D eigenvalue weighted by atomic mass is 10.2. The Morgan fingerprint density at radius 1 is 1.53 bits per heavy atom. The molecule has 1 atom stereocenters. The molecule has 1 unspecified atom stereocenters. The largest absolute Gasteiger partial charge is 0.481 e. The molecule has 0 radical (unpaired) electrons. The Morgan fingerprint density at radius 3 is 2.76 bits per heavy atom. The van der Waals surface area contributed by atoms with Crippen LogP contribution >= 0.6 is 0 Å². The second-order valence-electron chi connectivity index (χ2n) is 3.14. The molecule has 3 N–H and O–H groups in total. The molecular weight excluding hydrogens is 226 g/mol. The van der Waals surface area contributed by atoms with Crippen LogP contribution in [0.15, 0.2) is 18.3 Å². The molecule has 1 rings (SSSR count). The van der Waals surface area contributed by atoms with E-state index in [1.54, 1.807) is 0 Å². The smallest absolute Gasteiger partial charge is 0.326 e. The van der Waals surface area contributed by atoms with Gasteiger partial charge in [-0.25, -0.2) is 9.78 Å². The van der Waals surface area contributed by atoms with Gasteiger partial charge < -0.3 is 15.5 Å². The number of hydrogen-bond donors (Lipinski definition) is 3. The van der Waals surface area contributed by atoms with Crippen molar-refractivity contribution in [1.29, 1.82) is 5.26 Å². The third-order valence-corrected chi connectivity index (χ3v) is 1.92. The van der Waals surface area contributed by atoms with Crippen molar-refractivity contribution in [3.05, 3.63) is 23.9 Å². The summed E-state index contributed by atoms with van der Waals surface area (Å²) >= 11 is 0. The van der Waals surface area contributed by atoms with Crippen LogP contribution in [0.2, 0.25) is 0 Å². The number of rotatable bonds is 5. The minimum atomic E-state index is -1.32. The Hall–Kier alpha value is -2.62. The van der Waals surface area contributed by atoms with E-state index in [0.717, 1.165) is 0 Å². The second-order valence-corrected chi connectivity index (χ2v) is 3.14. The minimum absolute atomic E-state index is 0.0589. The molecule has 7 nitrogen and oxygen atoms in total. The predicted molar refractivity (Wildman–Crippen MR) is 56.3 cm³/mol. The highest BCUT2D eigenvalue weighted by Gasteiger charge is 2.22. The van der Waals surface area contributed by atoms with E-state index in [-0.39, 0.29) is 11.4 Å². The number of anilines is 1. The van der Waals surface area contributed by atoms with Gasteiger partial charge in [0.2, 0.25) is 0 Å². The molecule has 0 aliphatic heterocycles. The maximum atomic E-state index is 10.8. The van der Waals surface area contributed by atoms with Crippen molar-refractivity contribution < 1.29 is 19.8 Å². The third-order valence-electron chi connectivity index (χ3n) is 1.92. The molecule has 0 saturated carbocycles. The van der Waals surface area contributed by atoms with Crippen LogP contribution in [0.1, 0.15) is 12.0 Å². The van der Waals surface area contributed by atoms with E-state index in [1.807, 2.05) is 6.07 Å². The Balaban J connectivity index is 2.90. The zero-order valence-corrected chi connectivity index (χ0v) is 8.62. The summed E-state index contributed by atoms with van der Waals surface area (Å²) in [6, 6.07) is 3.48. The summed E-state index contributed by atoms with van der Waals surface area (Å²) in [5.74, 6) is -2.51. The van der Waals surface area contributed by atoms with Gasteiger partial charge >= 0.3 is 11.9 Å². The molecule has 17 heavy (non-hydrogen) atoms. The molecule has 88 valence electrons. The number of carboxylic acids is 2. The second kappa shape index (κ2) is 5.46. The highest BCUT2D eigenvalue weighted by molar-refractivity contribution is 5.83. The number of pyridine rings is 1. The Kier molecular flexibility index (Phi) is 4.00. The van der Waals surface area contributed by atoms with Crippen molar-refractivity contribution in [1.82, 2.24) is 4.98 Å². The zero-order valence-electron chi connectivity index (χ0n) is 8.62. The fourth-order valence-corrected chi connectivity index (χ4v) is 1.15. The van der Waals surface area contributed by atoms with Gasteiger partial charge in [-0.1, -0.05) is 0 Å². The highest BCUT2D eigenvalue weighted by atomic mass is 16.4. The molecule has 0 aliphatic carbocycles. The Morgan fingerprint density at radius 2 is 2.24 bits per heavy atom. The maximum Gasteiger partial charge on any atom is 0.326 e. The van der Waals surface area contributed by atoms with Gasteiger partial charge in [-0.3, -0.25) is 4.79 Å². The van der Waals surface area contributed by atoms with Crippen LogP contribution in [0.3, 0.4) is 0 Å². The maximum absolute atomic E-state index is 10.8. The van der Waals surface area contributed by atoms with Crippen molar-refractivity contribution in [3.8, 4) is 6.07 Å². The van der Waals surface area contributed by atoms with Gasteiger partial charge in [-0.05, 0) is 12.1 Å². The van der Waals surface area contributed by atoms with E-state index < -0.39 is 24.4 Å². The molecule has 1 aromatic heterocycles. The molecular formula is C10H9N3O4. The third kappa shape index (κ3) is 3.46. The van der Waals surface area contributed by atoms with E-state index in [1.165, 1.54) is 18.3 Å². The van der Waals surface area contributed by atoms with E-state index in [2.05, 4.69) is 10.3 Å². The van der Waals surface area contributed by atoms with Crippen molar-refractivity contribution in [2.24, 2.45) is 0 Å². The number of nitrogens with zero attached hydrogens (tertiary/aromatic N) is 2. The van der Waals surface area contributed by atoms with Crippen LogP contribution in [-0.2, 0) is 9.59 Å². The highest BCUT2D eigenvalue weighted by Crippen LogP contribution is 2.12. The van der Waals surface area contributed by atoms with Crippen molar-refractivity contribution in [2.75, 3.05) is 5.32 Å². The first kappa shape index (κ1) is 12.4. The monoisotopic (exact) mass is 235 g/mol. The lowest BCUT2D eigenvalue weighted by Gasteiger charge is -2.13. The van der Waals surface area contributed by atoms with Crippen LogP contribution in [0.4, 0.5) is 5.82 Å². The average Bonchev–Trinajstić information content (AvgIpc) is 2.28. The fourth-order valence-electron chi connectivity index (χ4n) is 1.15. The number of carbonyl (C=O) groups is 2. The quantitative estimate of drug-likeness (QED) is 0.670. The van der Waals surface area contributed by atoms with Crippen molar-refractivity contribution in [3.63, 3.8) is 0 Å². The average molecular weight is 235 g/mol.